The molecule has 2 bridgehead atoms. The molecule has 0 aliphatic carbocycles. The highest BCUT2D eigenvalue weighted by molar-refractivity contribution is 5.77. The largest absolute Gasteiger partial charge is 0.491 e. The maximum atomic E-state index is 13.4. The van der Waals surface area contributed by atoms with Gasteiger partial charge in [0, 0.05) is 50.8 Å². The van der Waals surface area contributed by atoms with Crippen molar-refractivity contribution in [2.75, 3.05) is 44.9 Å². The van der Waals surface area contributed by atoms with Gasteiger partial charge in [-0.05, 0) is 66.4 Å². The van der Waals surface area contributed by atoms with Gasteiger partial charge in [0.05, 0.1) is 24.5 Å². The fourth-order valence-electron chi connectivity index (χ4n) is 5.44. The van der Waals surface area contributed by atoms with E-state index in [4.69, 9.17) is 14.0 Å². The third-order valence-corrected chi connectivity index (χ3v) is 7.76. The molecule has 4 aromatic rings. The maximum absolute atomic E-state index is 13.4. The van der Waals surface area contributed by atoms with Gasteiger partial charge in [0.1, 0.15) is 18.1 Å². The lowest BCUT2D eigenvalue weighted by atomic mass is 9.96. The molecule has 0 fully saturated rings. The maximum Gasteiger partial charge on any atom is 0.416 e. The Bertz CT molecular complexity index is 1580. The van der Waals surface area contributed by atoms with E-state index >= 15 is 0 Å². The molecule has 5 rings (SSSR count). The van der Waals surface area contributed by atoms with Crippen molar-refractivity contribution in [3.8, 4) is 16.9 Å². The van der Waals surface area contributed by atoms with Crippen molar-refractivity contribution in [2.45, 2.75) is 39.4 Å². The van der Waals surface area contributed by atoms with Gasteiger partial charge in [0.25, 0.3) is 0 Å². The molecule has 0 atom stereocenters. The first-order valence-electron chi connectivity index (χ1n) is 14.6. The molecule has 0 spiro atoms. The van der Waals surface area contributed by atoms with Crippen LogP contribution in [0.3, 0.4) is 0 Å². The number of rotatable bonds is 5. The minimum absolute atomic E-state index is 0.101. The molecule has 2 heterocycles. The van der Waals surface area contributed by atoms with Crippen LogP contribution in [0.25, 0.3) is 11.1 Å². The Morgan fingerprint density at radius 3 is 2.55 bits per heavy atom. The predicted octanol–water partition coefficient (Wildman–Crippen LogP) is 6.83. The molecule has 232 valence electrons. The van der Waals surface area contributed by atoms with Crippen molar-refractivity contribution in [2.24, 2.45) is 0 Å². The zero-order valence-electron chi connectivity index (χ0n) is 25.1. The Morgan fingerprint density at radius 1 is 0.977 bits per heavy atom. The van der Waals surface area contributed by atoms with Crippen molar-refractivity contribution < 1.29 is 32.0 Å². The average molecular weight is 608 g/mol. The highest BCUT2D eigenvalue weighted by Gasteiger charge is 2.30. The Morgan fingerprint density at radius 2 is 1.77 bits per heavy atom. The van der Waals surface area contributed by atoms with Crippen molar-refractivity contribution in [1.82, 2.24) is 10.1 Å². The third kappa shape index (κ3) is 7.60. The summed E-state index contributed by atoms with van der Waals surface area (Å²) >= 11 is 0. The van der Waals surface area contributed by atoms with Gasteiger partial charge in [-0.15, -0.1) is 0 Å². The van der Waals surface area contributed by atoms with Gasteiger partial charge >= 0.3 is 6.18 Å². The number of carbonyl (C=O) groups excluding carboxylic acids is 1. The molecule has 10 heteroatoms. The van der Waals surface area contributed by atoms with Crippen LogP contribution in [-0.2, 0) is 28.7 Å². The molecule has 1 aromatic heterocycles. The lowest BCUT2D eigenvalue weighted by Gasteiger charge is -2.26. The second-order valence-electron chi connectivity index (χ2n) is 11.0. The molecule has 0 saturated heterocycles. The Balaban J connectivity index is 1.32. The van der Waals surface area contributed by atoms with E-state index in [2.05, 4.69) is 23.4 Å². The highest BCUT2D eigenvalue weighted by atomic mass is 19.4. The summed E-state index contributed by atoms with van der Waals surface area (Å²) in [6.07, 6.45) is -3.66. The second kappa shape index (κ2) is 13.5. The van der Waals surface area contributed by atoms with Gasteiger partial charge in [-0.1, -0.05) is 41.6 Å². The minimum atomic E-state index is -4.43. The number of carbonyl (C=O) groups is 1. The van der Waals surface area contributed by atoms with Gasteiger partial charge in [-0.3, -0.25) is 4.79 Å². The minimum Gasteiger partial charge on any atom is -0.491 e. The first-order valence-corrected chi connectivity index (χ1v) is 14.6. The summed E-state index contributed by atoms with van der Waals surface area (Å²) in [6.45, 7) is 5.91. The van der Waals surface area contributed by atoms with Crippen LogP contribution in [0.5, 0.6) is 5.75 Å². The van der Waals surface area contributed by atoms with Crippen LogP contribution in [0.2, 0.25) is 0 Å². The normalized spacial score (nSPS) is 14.4. The average Bonchev–Trinajstić information content (AvgIpc) is 3.34. The summed E-state index contributed by atoms with van der Waals surface area (Å²) in [5.41, 5.74) is 5.56. The van der Waals surface area contributed by atoms with E-state index in [0.717, 1.165) is 57.2 Å². The number of nitrogens with zero attached hydrogens (tertiary/aromatic N) is 3. The van der Waals surface area contributed by atoms with E-state index in [9.17, 15) is 18.0 Å². The number of benzene rings is 3. The van der Waals surface area contributed by atoms with E-state index in [0.29, 0.717) is 45.0 Å². The van der Waals surface area contributed by atoms with Crippen LogP contribution < -0.4 is 9.64 Å². The zero-order valence-corrected chi connectivity index (χ0v) is 25.1. The first kappa shape index (κ1) is 31.1. The van der Waals surface area contributed by atoms with Gasteiger partial charge < -0.3 is 23.8 Å². The number of anilines is 1. The van der Waals surface area contributed by atoms with Crippen molar-refractivity contribution in [3.63, 3.8) is 0 Å². The third-order valence-electron chi connectivity index (χ3n) is 7.76. The van der Waals surface area contributed by atoms with Gasteiger partial charge in [-0.25, -0.2) is 0 Å². The molecular formula is C34H36F3N3O4. The molecule has 3 aromatic carbocycles. The molecule has 0 unspecified atom stereocenters. The number of halogens is 3. The van der Waals surface area contributed by atoms with Crippen molar-refractivity contribution >= 4 is 11.6 Å². The van der Waals surface area contributed by atoms with Gasteiger partial charge in [0.15, 0.2) is 0 Å². The van der Waals surface area contributed by atoms with Crippen molar-refractivity contribution in [3.05, 3.63) is 100 Å². The molecule has 44 heavy (non-hydrogen) atoms. The second-order valence-corrected chi connectivity index (χ2v) is 11.0. The highest BCUT2D eigenvalue weighted by Crippen LogP contribution is 2.33. The van der Waals surface area contributed by atoms with Gasteiger partial charge in [0.2, 0.25) is 5.91 Å². The number of alkyl halides is 3. The number of hydrogen-bond acceptors (Lipinski definition) is 6. The summed E-state index contributed by atoms with van der Waals surface area (Å²) in [5.74, 6) is 1.44. The fraction of sp³-hybridized carbons (Fsp3) is 0.353. The molecular weight excluding hydrogens is 571 g/mol. The number of hydrogen-bond donors (Lipinski definition) is 0. The molecule has 1 aliphatic heterocycles. The van der Waals surface area contributed by atoms with Crippen LogP contribution in [0.4, 0.5) is 18.9 Å². The summed E-state index contributed by atoms with van der Waals surface area (Å²) in [6, 6.07) is 19.3. The molecule has 0 saturated carbocycles. The standard InChI is InChI=1S/C34H36F3N3O4/c1-23-33(24(2)44-38-23)27-10-11-31-28(20-27)19-25-6-4-7-26(18-25)22-40(14-15-42-16-17-43-31)32(41)12-13-39(3)30-9-5-8-29(21-30)34(35,36)37/h4-11,18,20-21H,12-17,19,22H2,1-3H3. The number of amides is 1. The van der Waals surface area contributed by atoms with E-state index < -0.39 is 11.7 Å². The van der Waals surface area contributed by atoms with E-state index in [1.807, 2.05) is 38.1 Å². The first-order chi connectivity index (χ1) is 21.1. The lowest BCUT2D eigenvalue weighted by Crippen LogP contribution is -2.36. The van der Waals surface area contributed by atoms with E-state index in [1.165, 1.54) is 6.07 Å². The fourth-order valence-corrected chi connectivity index (χ4v) is 5.44. The summed E-state index contributed by atoms with van der Waals surface area (Å²) in [4.78, 5) is 16.8. The quantitative estimate of drug-likeness (QED) is 0.248. The Labute approximate surface area is 255 Å². The summed E-state index contributed by atoms with van der Waals surface area (Å²) < 4.78 is 56.9. The van der Waals surface area contributed by atoms with Crippen LogP contribution >= 0.6 is 0 Å². The topological polar surface area (TPSA) is 68.0 Å². The van der Waals surface area contributed by atoms with Crippen molar-refractivity contribution in [1.29, 1.82) is 0 Å². The number of aromatic nitrogens is 1. The Kier molecular flexibility index (Phi) is 9.58. The Hall–Kier alpha value is -4.31. The molecule has 0 radical (unpaired) electrons. The molecule has 1 amide bonds. The van der Waals surface area contributed by atoms with Crippen LogP contribution in [0, 0.1) is 13.8 Å². The SMILES string of the molecule is Cc1noc(C)c1-c1ccc2c(c1)Cc1cccc(c1)CN(C(=O)CCN(C)c1cccc(C(F)(F)F)c1)CCOCCO2. The molecule has 1 aliphatic rings. The number of fused-ring (bicyclic) bond motifs is 3. The van der Waals surface area contributed by atoms with E-state index in [1.54, 1.807) is 22.9 Å². The van der Waals surface area contributed by atoms with Crippen LogP contribution in [0.15, 0.2) is 71.3 Å². The number of aryl methyl sites for hydroxylation is 2. The molecule has 0 N–H and O–H groups in total. The van der Waals surface area contributed by atoms with Crippen LogP contribution in [0.1, 0.15) is 40.1 Å². The zero-order chi connectivity index (χ0) is 31.3. The predicted molar refractivity (Wildman–Crippen MR) is 162 cm³/mol. The number of ether oxygens (including phenoxy) is 2. The summed E-state index contributed by atoms with van der Waals surface area (Å²) in [5, 5.41) is 4.10. The lowest BCUT2D eigenvalue weighted by molar-refractivity contribution is -0.137. The monoisotopic (exact) mass is 607 g/mol. The van der Waals surface area contributed by atoms with E-state index in [-0.39, 0.29) is 18.9 Å². The summed E-state index contributed by atoms with van der Waals surface area (Å²) in [7, 11) is 1.69. The molecule has 7 nitrogen and oxygen atoms in total. The smallest absolute Gasteiger partial charge is 0.416 e. The van der Waals surface area contributed by atoms with Gasteiger partial charge in [-0.2, -0.15) is 13.2 Å². The van der Waals surface area contributed by atoms with Crippen LogP contribution in [-0.4, -0.2) is 55.9 Å².